The van der Waals surface area contributed by atoms with Gasteiger partial charge in [0.2, 0.25) is 5.91 Å². The van der Waals surface area contributed by atoms with Gasteiger partial charge in [-0.05, 0) is 25.5 Å². The van der Waals surface area contributed by atoms with E-state index < -0.39 is 0 Å². The van der Waals surface area contributed by atoms with Crippen LogP contribution in [-0.2, 0) is 24.8 Å². The Labute approximate surface area is 118 Å². The fourth-order valence-corrected chi connectivity index (χ4v) is 2.29. The Morgan fingerprint density at radius 1 is 1.35 bits per heavy atom. The van der Waals surface area contributed by atoms with Crippen LogP contribution in [0.25, 0.3) is 0 Å². The Bertz CT molecular complexity index is 631. The van der Waals surface area contributed by atoms with Crippen molar-refractivity contribution in [3.05, 3.63) is 46.8 Å². The van der Waals surface area contributed by atoms with Gasteiger partial charge >= 0.3 is 0 Å². The van der Waals surface area contributed by atoms with Gasteiger partial charge in [0.05, 0.1) is 12.1 Å². The van der Waals surface area contributed by atoms with Crippen LogP contribution in [0, 0.1) is 13.8 Å². The highest BCUT2D eigenvalue weighted by Crippen LogP contribution is 2.19. The minimum atomic E-state index is -0.326. The van der Waals surface area contributed by atoms with Gasteiger partial charge in [-0.15, -0.1) is 0 Å². The van der Waals surface area contributed by atoms with Gasteiger partial charge in [-0.3, -0.25) is 9.48 Å². The third-order valence-electron chi connectivity index (χ3n) is 3.50. The van der Waals surface area contributed by atoms with Crippen LogP contribution in [0.4, 0.5) is 5.69 Å². The van der Waals surface area contributed by atoms with Crippen molar-refractivity contribution in [3.8, 4) is 0 Å². The first kappa shape index (κ1) is 14.1. The van der Waals surface area contributed by atoms with E-state index in [0.717, 1.165) is 22.6 Å². The molecule has 1 aromatic carbocycles. The molecule has 0 fully saturated rings. The number of para-hydroxylation sites is 1. The number of aromatic nitrogens is 2. The number of amides is 1. The molecule has 0 saturated carbocycles. The van der Waals surface area contributed by atoms with E-state index in [1.165, 1.54) is 5.56 Å². The second kappa shape index (κ2) is 5.77. The second-order valence-corrected chi connectivity index (χ2v) is 4.93. The Morgan fingerprint density at radius 2 is 2.05 bits per heavy atom. The highest BCUT2D eigenvalue weighted by molar-refractivity contribution is 5.78. The molecule has 1 amide bonds. The largest absolute Gasteiger partial charge is 0.381 e. The summed E-state index contributed by atoms with van der Waals surface area (Å²) in [6, 6.07) is 7.72. The van der Waals surface area contributed by atoms with Gasteiger partial charge in [0, 0.05) is 30.5 Å². The highest BCUT2D eigenvalue weighted by atomic mass is 16.1. The molecule has 0 radical (unpaired) electrons. The lowest BCUT2D eigenvalue weighted by atomic mass is 10.1. The van der Waals surface area contributed by atoms with Gasteiger partial charge in [0.15, 0.2) is 0 Å². The maximum Gasteiger partial charge on any atom is 0.221 e. The maximum atomic E-state index is 11.1. The van der Waals surface area contributed by atoms with E-state index in [4.69, 9.17) is 5.73 Å². The van der Waals surface area contributed by atoms with E-state index in [1.54, 1.807) is 0 Å². The molecular weight excluding hydrogens is 252 g/mol. The fourth-order valence-electron chi connectivity index (χ4n) is 2.29. The third-order valence-corrected chi connectivity index (χ3v) is 3.50. The van der Waals surface area contributed by atoms with Crippen LogP contribution in [0.5, 0.6) is 0 Å². The molecule has 1 aromatic heterocycles. The zero-order valence-electron chi connectivity index (χ0n) is 12.1. The number of hydrogen-bond acceptors (Lipinski definition) is 3. The van der Waals surface area contributed by atoms with E-state index in [1.807, 2.05) is 49.8 Å². The van der Waals surface area contributed by atoms with Crippen molar-refractivity contribution < 1.29 is 4.79 Å². The predicted octanol–water partition coefficient (Wildman–Crippen LogP) is 1.68. The predicted molar refractivity (Wildman–Crippen MR) is 79.3 cm³/mol. The highest BCUT2D eigenvalue weighted by Gasteiger charge is 2.10. The van der Waals surface area contributed by atoms with E-state index in [0.29, 0.717) is 6.54 Å². The zero-order chi connectivity index (χ0) is 14.7. The fraction of sp³-hybridized carbons (Fsp3) is 0.333. The summed E-state index contributed by atoms with van der Waals surface area (Å²) in [4.78, 5) is 11.1. The summed E-state index contributed by atoms with van der Waals surface area (Å²) in [5.41, 5.74) is 10.5. The van der Waals surface area contributed by atoms with Crippen LogP contribution >= 0.6 is 0 Å². The molecule has 0 spiro atoms. The molecule has 0 unspecified atom stereocenters. The number of aryl methyl sites for hydroxylation is 2. The van der Waals surface area contributed by atoms with Crippen LogP contribution in [0.15, 0.2) is 24.3 Å². The van der Waals surface area contributed by atoms with Gasteiger partial charge < -0.3 is 11.1 Å². The van der Waals surface area contributed by atoms with E-state index in [-0.39, 0.29) is 12.3 Å². The monoisotopic (exact) mass is 272 g/mol. The lowest BCUT2D eigenvalue weighted by Crippen LogP contribution is -2.15. The number of nitrogens with one attached hydrogen (secondary N) is 1. The van der Waals surface area contributed by atoms with Crippen LogP contribution in [0.3, 0.4) is 0 Å². The van der Waals surface area contributed by atoms with E-state index in [2.05, 4.69) is 10.4 Å². The van der Waals surface area contributed by atoms with Gasteiger partial charge in [-0.2, -0.15) is 5.10 Å². The molecular formula is C15H20N4O. The minimum absolute atomic E-state index is 0.244. The van der Waals surface area contributed by atoms with Gasteiger partial charge in [-0.1, -0.05) is 18.2 Å². The standard InChI is InChI=1S/C15H20N4O/c1-10-13(11(2)19(3)18-10)9-17-14-7-5-4-6-12(14)8-15(16)20/h4-7,17H,8-9H2,1-3H3,(H2,16,20). The van der Waals surface area contributed by atoms with E-state index in [9.17, 15) is 4.79 Å². The molecule has 5 nitrogen and oxygen atoms in total. The topological polar surface area (TPSA) is 72.9 Å². The first-order chi connectivity index (χ1) is 9.49. The third kappa shape index (κ3) is 2.99. The van der Waals surface area contributed by atoms with Crippen molar-refractivity contribution in [2.45, 2.75) is 26.8 Å². The average Bonchev–Trinajstić information content (AvgIpc) is 2.62. The molecule has 106 valence electrons. The second-order valence-electron chi connectivity index (χ2n) is 4.93. The van der Waals surface area contributed by atoms with Gasteiger partial charge in [-0.25, -0.2) is 0 Å². The number of benzene rings is 1. The minimum Gasteiger partial charge on any atom is -0.381 e. The van der Waals surface area contributed by atoms with Crippen molar-refractivity contribution in [3.63, 3.8) is 0 Å². The first-order valence-corrected chi connectivity index (χ1v) is 6.58. The number of carbonyl (C=O) groups excluding carboxylic acids is 1. The Hall–Kier alpha value is -2.30. The van der Waals surface area contributed by atoms with Gasteiger partial charge in [0.25, 0.3) is 0 Å². The van der Waals surface area contributed by atoms with Crippen molar-refractivity contribution in [2.24, 2.45) is 12.8 Å². The summed E-state index contributed by atoms with van der Waals surface area (Å²) in [6.07, 6.45) is 0.244. The number of nitrogens with zero attached hydrogens (tertiary/aromatic N) is 2. The van der Waals surface area contributed by atoms with Crippen LogP contribution in [0.1, 0.15) is 22.5 Å². The SMILES string of the molecule is Cc1nn(C)c(C)c1CNc1ccccc1CC(N)=O. The first-order valence-electron chi connectivity index (χ1n) is 6.58. The molecule has 1 heterocycles. The zero-order valence-corrected chi connectivity index (χ0v) is 12.1. The number of carbonyl (C=O) groups is 1. The summed E-state index contributed by atoms with van der Waals surface area (Å²) in [5.74, 6) is -0.326. The smallest absolute Gasteiger partial charge is 0.221 e. The molecule has 0 atom stereocenters. The summed E-state index contributed by atoms with van der Waals surface area (Å²) in [5, 5.41) is 7.77. The summed E-state index contributed by atoms with van der Waals surface area (Å²) >= 11 is 0. The van der Waals surface area contributed by atoms with E-state index >= 15 is 0 Å². The molecule has 0 aliphatic heterocycles. The van der Waals surface area contributed by atoms with Crippen LogP contribution in [-0.4, -0.2) is 15.7 Å². The molecule has 20 heavy (non-hydrogen) atoms. The Balaban J connectivity index is 2.17. The lowest BCUT2D eigenvalue weighted by Gasteiger charge is -2.11. The molecule has 2 rings (SSSR count). The molecule has 2 aromatic rings. The molecule has 3 N–H and O–H groups in total. The lowest BCUT2D eigenvalue weighted by molar-refractivity contribution is -0.117. The summed E-state index contributed by atoms with van der Waals surface area (Å²) in [7, 11) is 1.94. The quantitative estimate of drug-likeness (QED) is 0.869. The molecule has 0 saturated heterocycles. The number of rotatable bonds is 5. The molecule has 0 aliphatic rings. The van der Waals surface area contributed by atoms with Crippen LogP contribution in [0.2, 0.25) is 0 Å². The summed E-state index contributed by atoms with van der Waals surface area (Å²) in [6.45, 7) is 4.73. The van der Waals surface area contributed by atoms with Crippen molar-refractivity contribution in [1.29, 1.82) is 0 Å². The molecule has 0 aliphatic carbocycles. The number of nitrogens with two attached hydrogens (primary N) is 1. The molecule has 5 heteroatoms. The van der Waals surface area contributed by atoms with Crippen molar-refractivity contribution >= 4 is 11.6 Å². The Kier molecular flexibility index (Phi) is 4.08. The van der Waals surface area contributed by atoms with Gasteiger partial charge in [0.1, 0.15) is 0 Å². The van der Waals surface area contributed by atoms with Crippen molar-refractivity contribution in [1.82, 2.24) is 9.78 Å². The van der Waals surface area contributed by atoms with Crippen LogP contribution < -0.4 is 11.1 Å². The number of primary amides is 1. The number of hydrogen-bond donors (Lipinski definition) is 2. The summed E-state index contributed by atoms with van der Waals surface area (Å²) < 4.78 is 1.88. The normalized spacial score (nSPS) is 10.6. The average molecular weight is 272 g/mol. The molecule has 0 bridgehead atoms. The Morgan fingerprint density at radius 3 is 2.65 bits per heavy atom. The maximum absolute atomic E-state index is 11.1. The number of anilines is 1. The van der Waals surface area contributed by atoms with Crippen molar-refractivity contribution in [2.75, 3.05) is 5.32 Å².